The summed E-state index contributed by atoms with van der Waals surface area (Å²) in [7, 11) is 0. The van der Waals surface area contributed by atoms with Crippen LogP contribution in [0.5, 0.6) is 0 Å². The van der Waals surface area contributed by atoms with Gasteiger partial charge in [-0.05, 0) is 29.8 Å². The molecule has 0 aliphatic rings. The quantitative estimate of drug-likeness (QED) is 0.373. The highest BCUT2D eigenvalue weighted by Gasteiger charge is 2.08. The first-order valence-electron chi connectivity index (χ1n) is 5.64. The molecule has 0 atom stereocenters. The van der Waals surface area contributed by atoms with Gasteiger partial charge in [0.05, 0.1) is 10.0 Å². The second-order valence-electron chi connectivity index (χ2n) is 3.88. The predicted octanol–water partition coefficient (Wildman–Crippen LogP) is 3.39. The molecule has 0 saturated carbocycles. The predicted molar refractivity (Wildman–Crippen MR) is 84.6 cm³/mol. The summed E-state index contributed by atoms with van der Waals surface area (Å²) in [6.45, 7) is 0. The van der Waals surface area contributed by atoms with Gasteiger partial charge in [0, 0.05) is 22.0 Å². The van der Waals surface area contributed by atoms with Crippen molar-refractivity contribution in [2.24, 2.45) is 5.84 Å². The Labute approximate surface area is 134 Å². The SMILES string of the molecule is NNC(=O)c1ccc(CSc2ccc(Cl)cn2)c(Br)c1. The first-order valence-corrected chi connectivity index (χ1v) is 7.79. The number of hydrazine groups is 1. The van der Waals surface area contributed by atoms with Crippen molar-refractivity contribution in [2.45, 2.75) is 10.8 Å². The molecular weight excluding hydrogens is 362 g/mol. The second-order valence-corrected chi connectivity index (χ2v) is 6.17. The molecule has 2 rings (SSSR count). The minimum Gasteiger partial charge on any atom is -0.290 e. The summed E-state index contributed by atoms with van der Waals surface area (Å²) in [6, 6.07) is 9.04. The molecule has 4 nitrogen and oxygen atoms in total. The van der Waals surface area contributed by atoms with Gasteiger partial charge in [-0.15, -0.1) is 11.8 Å². The summed E-state index contributed by atoms with van der Waals surface area (Å²) in [5.41, 5.74) is 3.69. The third kappa shape index (κ3) is 3.96. The Balaban J connectivity index is 2.06. The van der Waals surface area contributed by atoms with Crippen LogP contribution in [0, 0.1) is 0 Å². The fraction of sp³-hybridized carbons (Fsp3) is 0.0769. The van der Waals surface area contributed by atoms with Crippen molar-refractivity contribution in [2.75, 3.05) is 0 Å². The molecule has 3 N–H and O–H groups in total. The number of benzene rings is 1. The number of nitrogens with two attached hydrogens (primary N) is 1. The molecular formula is C13H11BrClN3OS. The van der Waals surface area contributed by atoms with Gasteiger partial charge in [0.1, 0.15) is 0 Å². The number of rotatable bonds is 4. The standard InChI is InChI=1S/C13H11BrClN3OS/c14-11-5-8(13(19)18-16)1-2-9(11)7-20-12-4-3-10(15)6-17-12/h1-6H,7,16H2,(H,18,19). The highest BCUT2D eigenvalue weighted by atomic mass is 79.9. The number of carbonyl (C=O) groups excluding carboxylic acids is 1. The third-order valence-electron chi connectivity index (χ3n) is 2.52. The van der Waals surface area contributed by atoms with E-state index >= 15 is 0 Å². The number of aromatic nitrogens is 1. The van der Waals surface area contributed by atoms with E-state index in [-0.39, 0.29) is 5.91 Å². The first-order chi connectivity index (χ1) is 9.60. The van der Waals surface area contributed by atoms with E-state index in [1.807, 2.05) is 12.1 Å². The molecule has 0 saturated heterocycles. The lowest BCUT2D eigenvalue weighted by Gasteiger charge is -2.06. The maximum Gasteiger partial charge on any atom is 0.265 e. The summed E-state index contributed by atoms with van der Waals surface area (Å²) in [4.78, 5) is 15.6. The van der Waals surface area contributed by atoms with Crippen LogP contribution in [-0.2, 0) is 5.75 Å². The Bertz CT molecular complexity index is 622. The minimum atomic E-state index is -0.315. The van der Waals surface area contributed by atoms with Crippen LogP contribution >= 0.6 is 39.3 Å². The summed E-state index contributed by atoms with van der Waals surface area (Å²) in [5, 5.41) is 1.51. The molecule has 104 valence electrons. The van der Waals surface area contributed by atoms with Crippen LogP contribution < -0.4 is 11.3 Å². The number of nitrogens with one attached hydrogen (secondary N) is 1. The highest BCUT2D eigenvalue weighted by molar-refractivity contribution is 9.10. The average molecular weight is 373 g/mol. The number of carbonyl (C=O) groups is 1. The Kier molecular flexibility index (Phi) is 5.42. The average Bonchev–Trinajstić information content (AvgIpc) is 2.46. The van der Waals surface area contributed by atoms with Crippen LogP contribution in [0.25, 0.3) is 0 Å². The van der Waals surface area contributed by atoms with Gasteiger partial charge in [-0.1, -0.05) is 33.6 Å². The van der Waals surface area contributed by atoms with Gasteiger partial charge in [-0.2, -0.15) is 0 Å². The van der Waals surface area contributed by atoms with Gasteiger partial charge in [0.2, 0.25) is 0 Å². The van der Waals surface area contributed by atoms with E-state index in [4.69, 9.17) is 17.4 Å². The van der Waals surface area contributed by atoms with Crippen molar-refractivity contribution in [3.8, 4) is 0 Å². The molecule has 1 heterocycles. The number of hydrogen-bond acceptors (Lipinski definition) is 4. The molecule has 0 aliphatic heterocycles. The summed E-state index contributed by atoms with van der Waals surface area (Å²) >= 11 is 10.8. The Morgan fingerprint density at radius 1 is 1.40 bits per heavy atom. The topological polar surface area (TPSA) is 68.0 Å². The van der Waals surface area contributed by atoms with Gasteiger partial charge in [0.15, 0.2) is 0 Å². The van der Waals surface area contributed by atoms with E-state index in [0.717, 1.165) is 20.8 Å². The van der Waals surface area contributed by atoms with E-state index in [0.29, 0.717) is 10.6 Å². The van der Waals surface area contributed by atoms with E-state index in [2.05, 4.69) is 26.3 Å². The lowest BCUT2D eigenvalue weighted by Crippen LogP contribution is -2.29. The zero-order valence-corrected chi connectivity index (χ0v) is 13.4. The minimum absolute atomic E-state index is 0.315. The first kappa shape index (κ1) is 15.3. The molecule has 0 unspecified atom stereocenters. The van der Waals surface area contributed by atoms with Crippen LogP contribution in [0.15, 0.2) is 46.0 Å². The summed E-state index contributed by atoms with van der Waals surface area (Å²) in [5.74, 6) is 5.52. The van der Waals surface area contributed by atoms with E-state index in [1.165, 1.54) is 0 Å². The molecule has 2 aromatic rings. The highest BCUT2D eigenvalue weighted by Crippen LogP contribution is 2.27. The van der Waals surface area contributed by atoms with Gasteiger partial charge in [-0.25, -0.2) is 10.8 Å². The van der Waals surface area contributed by atoms with Crippen molar-refractivity contribution in [1.82, 2.24) is 10.4 Å². The lowest BCUT2D eigenvalue weighted by molar-refractivity contribution is 0.0953. The van der Waals surface area contributed by atoms with Crippen LogP contribution in [0.3, 0.4) is 0 Å². The summed E-state index contributed by atoms with van der Waals surface area (Å²) in [6.07, 6.45) is 1.62. The number of nitrogens with zero attached hydrogens (tertiary/aromatic N) is 1. The number of nitrogen functional groups attached to an aromatic ring is 1. The Morgan fingerprint density at radius 2 is 2.20 bits per heavy atom. The number of halogens is 2. The normalized spacial score (nSPS) is 10.3. The van der Waals surface area contributed by atoms with Gasteiger partial charge in [-0.3, -0.25) is 10.2 Å². The fourth-order valence-electron chi connectivity index (χ4n) is 1.49. The maximum absolute atomic E-state index is 11.4. The van der Waals surface area contributed by atoms with Crippen molar-refractivity contribution in [3.63, 3.8) is 0 Å². The Morgan fingerprint density at radius 3 is 2.80 bits per heavy atom. The molecule has 1 amide bonds. The third-order valence-corrected chi connectivity index (χ3v) is 4.48. The molecule has 0 bridgehead atoms. The van der Waals surface area contributed by atoms with Gasteiger partial charge < -0.3 is 0 Å². The molecule has 20 heavy (non-hydrogen) atoms. The van der Waals surface area contributed by atoms with Gasteiger partial charge in [0.25, 0.3) is 5.91 Å². The van der Waals surface area contributed by atoms with Crippen LogP contribution in [-0.4, -0.2) is 10.9 Å². The van der Waals surface area contributed by atoms with E-state index in [1.54, 1.807) is 36.2 Å². The summed E-state index contributed by atoms with van der Waals surface area (Å²) < 4.78 is 0.861. The monoisotopic (exact) mass is 371 g/mol. The molecule has 0 fully saturated rings. The van der Waals surface area contributed by atoms with E-state index in [9.17, 15) is 4.79 Å². The number of pyridine rings is 1. The molecule has 0 aliphatic carbocycles. The zero-order valence-electron chi connectivity index (χ0n) is 10.3. The van der Waals surface area contributed by atoms with Crippen molar-refractivity contribution >= 4 is 45.2 Å². The maximum atomic E-state index is 11.4. The van der Waals surface area contributed by atoms with Crippen LogP contribution in [0.4, 0.5) is 0 Å². The molecule has 0 spiro atoms. The second kappa shape index (κ2) is 7.08. The molecule has 1 aromatic carbocycles. The number of hydrogen-bond donors (Lipinski definition) is 2. The van der Waals surface area contributed by atoms with Crippen LogP contribution in [0.1, 0.15) is 15.9 Å². The molecule has 1 aromatic heterocycles. The smallest absolute Gasteiger partial charge is 0.265 e. The van der Waals surface area contributed by atoms with Crippen LogP contribution in [0.2, 0.25) is 5.02 Å². The molecule has 0 radical (unpaired) electrons. The fourth-order valence-corrected chi connectivity index (χ4v) is 3.15. The van der Waals surface area contributed by atoms with Crippen molar-refractivity contribution in [1.29, 1.82) is 0 Å². The zero-order chi connectivity index (χ0) is 14.5. The Hall–Kier alpha value is -1.08. The number of amides is 1. The lowest BCUT2D eigenvalue weighted by atomic mass is 10.1. The van der Waals surface area contributed by atoms with E-state index < -0.39 is 0 Å². The van der Waals surface area contributed by atoms with Crippen molar-refractivity contribution < 1.29 is 4.79 Å². The molecule has 7 heteroatoms. The largest absolute Gasteiger partial charge is 0.290 e. The van der Waals surface area contributed by atoms with Crippen molar-refractivity contribution in [3.05, 3.63) is 57.2 Å². The number of thioether (sulfide) groups is 1. The van der Waals surface area contributed by atoms with Gasteiger partial charge >= 0.3 is 0 Å².